The van der Waals surface area contributed by atoms with Crippen LogP contribution in [0.4, 0.5) is 28.0 Å². The average Bonchev–Trinajstić information content (AvgIpc) is 2.84. The van der Waals surface area contributed by atoms with Gasteiger partial charge in [-0.3, -0.25) is 24.2 Å². The van der Waals surface area contributed by atoms with Crippen LogP contribution in [0.15, 0.2) is 42.5 Å². The molecule has 2 atom stereocenters. The van der Waals surface area contributed by atoms with Crippen LogP contribution in [0, 0.1) is 11.6 Å². The Morgan fingerprint density at radius 2 is 1.74 bits per heavy atom. The van der Waals surface area contributed by atoms with Crippen LogP contribution in [-0.2, 0) is 19.1 Å². The highest BCUT2D eigenvalue weighted by atomic mass is 35.5. The molecule has 1 aliphatic heterocycles. The molecule has 0 radical (unpaired) electrons. The first-order valence-corrected chi connectivity index (χ1v) is 13.4. The van der Waals surface area contributed by atoms with Gasteiger partial charge in [0.25, 0.3) is 11.8 Å². The molecule has 4 amide bonds. The van der Waals surface area contributed by atoms with Gasteiger partial charge in [-0.05, 0) is 39.0 Å². The first-order valence-electron chi connectivity index (χ1n) is 13.0. The zero-order valence-corrected chi connectivity index (χ0v) is 23.7. The van der Waals surface area contributed by atoms with Crippen LogP contribution in [0.5, 0.6) is 0 Å². The van der Waals surface area contributed by atoms with Crippen LogP contribution in [0.25, 0.3) is 0 Å². The molecule has 0 aromatic heterocycles. The maximum Gasteiger partial charge on any atom is 0.410 e. The average molecular weight is 613 g/mol. The van der Waals surface area contributed by atoms with E-state index in [0.717, 1.165) is 21.9 Å². The maximum absolute atomic E-state index is 14.5. The number of nitrogens with one attached hydrogen (secondary N) is 2. The van der Waals surface area contributed by atoms with E-state index in [1.165, 1.54) is 18.2 Å². The number of ether oxygens (including phenoxy) is 1. The van der Waals surface area contributed by atoms with Gasteiger partial charge >= 0.3 is 6.09 Å². The fourth-order valence-electron chi connectivity index (χ4n) is 4.74. The quantitative estimate of drug-likeness (QED) is 0.472. The number of rotatable bonds is 6. The van der Waals surface area contributed by atoms with Gasteiger partial charge in [0.05, 0.1) is 12.2 Å². The van der Waals surface area contributed by atoms with Gasteiger partial charge in [0.1, 0.15) is 35.9 Å². The third kappa shape index (κ3) is 7.30. The van der Waals surface area contributed by atoms with Crippen LogP contribution < -0.4 is 15.5 Å². The van der Waals surface area contributed by atoms with Crippen LogP contribution >= 0.6 is 11.6 Å². The molecule has 1 saturated heterocycles. The largest absolute Gasteiger partial charge is 0.444 e. The lowest BCUT2D eigenvalue weighted by Crippen LogP contribution is -2.63. The second kappa shape index (κ2) is 11.8. The molecule has 2 unspecified atom stereocenters. The Morgan fingerprint density at radius 3 is 2.31 bits per heavy atom. The lowest BCUT2D eigenvalue weighted by molar-refractivity contribution is -0.135. The van der Waals surface area contributed by atoms with Crippen LogP contribution in [-0.4, -0.2) is 65.4 Å². The third-order valence-corrected chi connectivity index (χ3v) is 6.87. The summed E-state index contributed by atoms with van der Waals surface area (Å²) in [5.74, 6) is -7.85. The van der Waals surface area contributed by atoms with Gasteiger partial charge in [0.15, 0.2) is 0 Å². The lowest BCUT2D eigenvalue weighted by Gasteiger charge is -2.40. The normalized spacial score (nSPS) is 19.3. The minimum atomic E-state index is -2.98. The molecule has 1 heterocycles. The summed E-state index contributed by atoms with van der Waals surface area (Å²) in [6, 6.07) is 3.86. The Morgan fingerprint density at radius 1 is 1.12 bits per heavy atom. The van der Waals surface area contributed by atoms with Crippen molar-refractivity contribution in [3.8, 4) is 0 Å². The zero-order valence-electron chi connectivity index (χ0n) is 22.9. The van der Waals surface area contributed by atoms with E-state index in [9.17, 15) is 36.7 Å². The highest BCUT2D eigenvalue weighted by Gasteiger charge is 2.48. The molecule has 2 aliphatic rings. The Bertz CT molecular complexity index is 1370. The minimum Gasteiger partial charge on any atom is -0.444 e. The van der Waals surface area contributed by atoms with E-state index in [-0.39, 0.29) is 10.6 Å². The molecule has 2 aromatic rings. The number of hydrogen-bond donors (Lipinski definition) is 2. The summed E-state index contributed by atoms with van der Waals surface area (Å²) >= 11 is 6.40. The zero-order chi connectivity index (χ0) is 31.0. The van der Waals surface area contributed by atoms with E-state index in [0.29, 0.717) is 6.07 Å². The van der Waals surface area contributed by atoms with E-state index in [1.807, 2.05) is 0 Å². The summed E-state index contributed by atoms with van der Waals surface area (Å²) in [5, 5.41) is 4.91. The van der Waals surface area contributed by atoms with Crippen molar-refractivity contribution in [1.29, 1.82) is 0 Å². The number of piperazine rings is 1. The number of benzene rings is 2. The Balaban J connectivity index is 1.77. The van der Waals surface area contributed by atoms with Gasteiger partial charge in [-0.15, -0.1) is 0 Å². The van der Waals surface area contributed by atoms with Crippen molar-refractivity contribution in [2.45, 2.75) is 63.3 Å². The van der Waals surface area contributed by atoms with E-state index in [4.69, 9.17) is 16.3 Å². The molecule has 1 aliphatic carbocycles. The molecule has 226 valence electrons. The molecule has 0 bridgehead atoms. The molecule has 2 N–H and O–H groups in total. The van der Waals surface area contributed by atoms with Gasteiger partial charge in [-0.1, -0.05) is 29.8 Å². The second-order valence-corrected chi connectivity index (χ2v) is 11.6. The summed E-state index contributed by atoms with van der Waals surface area (Å²) in [6.45, 7) is 4.00. The van der Waals surface area contributed by atoms with Crippen LogP contribution in [0.1, 0.15) is 45.2 Å². The van der Waals surface area contributed by atoms with Gasteiger partial charge in [0, 0.05) is 35.5 Å². The second-order valence-electron chi connectivity index (χ2n) is 11.2. The molecule has 2 fully saturated rings. The molecule has 1 saturated carbocycles. The number of anilines is 1. The molecule has 42 heavy (non-hydrogen) atoms. The number of amides is 4. The first-order chi connectivity index (χ1) is 19.5. The van der Waals surface area contributed by atoms with E-state index in [1.54, 1.807) is 26.8 Å². The standard InChI is InChI=1S/C28H29ClF4N4O5/c1-27(2,3)42-26(41)36-13-21(35-22(38)14-36)25(40)37(18-9-15(30)8-16(31)10-18)23(19-6-4-5-7-20(19)29)24(39)34-17-11-28(32,33)12-17/h4-10,17,21,23H,11-14H2,1-3H3,(H,34,39)(H,35,38). The number of nitrogens with zero attached hydrogens (tertiary/aromatic N) is 2. The van der Waals surface area contributed by atoms with Crippen molar-refractivity contribution in [3.05, 3.63) is 64.7 Å². The third-order valence-electron chi connectivity index (χ3n) is 6.53. The van der Waals surface area contributed by atoms with E-state index in [2.05, 4.69) is 10.6 Å². The monoisotopic (exact) mass is 612 g/mol. The number of carbonyl (C=O) groups is 4. The maximum atomic E-state index is 14.5. The fourth-order valence-corrected chi connectivity index (χ4v) is 4.98. The summed E-state index contributed by atoms with van der Waals surface area (Å²) in [4.78, 5) is 54.9. The van der Waals surface area contributed by atoms with Crippen molar-refractivity contribution in [2.24, 2.45) is 0 Å². The molecule has 2 aromatic carbocycles. The van der Waals surface area contributed by atoms with Gasteiger partial charge in [-0.2, -0.15) is 0 Å². The molecule has 9 nitrogen and oxygen atoms in total. The van der Waals surface area contributed by atoms with E-state index < -0.39 is 96.7 Å². The smallest absolute Gasteiger partial charge is 0.410 e. The summed E-state index contributed by atoms with van der Waals surface area (Å²) in [6.07, 6.45) is -2.16. The molecular weight excluding hydrogens is 584 g/mol. The summed E-state index contributed by atoms with van der Waals surface area (Å²) < 4.78 is 61.3. The van der Waals surface area contributed by atoms with E-state index >= 15 is 0 Å². The highest BCUT2D eigenvalue weighted by Crippen LogP contribution is 2.39. The van der Waals surface area contributed by atoms with Gasteiger partial charge in [-0.25, -0.2) is 22.4 Å². The predicted octanol–water partition coefficient (Wildman–Crippen LogP) is 4.34. The van der Waals surface area contributed by atoms with Crippen LogP contribution in [0.2, 0.25) is 5.02 Å². The SMILES string of the molecule is CC(C)(C)OC(=O)N1CC(=O)NC(C(=O)N(c2cc(F)cc(F)c2)C(C(=O)NC2CC(F)(F)C2)c2ccccc2Cl)C1. The van der Waals surface area contributed by atoms with Crippen molar-refractivity contribution >= 4 is 41.1 Å². The minimum absolute atomic E-state index is 0.00525. The van der Waals surface area contributed by atoms with Gasteiger partial charge in [0.2, 0.25) is 11.8 Å². The molecule has 0 spiro atoms. The van der Waals surface area contributed by atoms with Crippen molar-refractivity contribution in [1.82, 2.24) is 15.5 Å². The molecular formula is C28H29ClF4N4O5. The van der Waals surface area contributed by atoms with Crippen molar-refractivity contribution in [2.75, 3.05) is 18.0 Å². The number of hydrogen-bond acceptors (Lipinski definition) is 5. The number of halogens is 5. The molecule has 14 heteroatoms. The van der Waals surface area contributed by atoms with Crippen LogP contribution in [0.3, 0.4) is 0 Å². The fraction of sp³-hybridized carbons (Fsp3) is 0.429. The summed E-state index contributed by atoms with van der Waals surface area (Å²) in [7, 11) is 0. The number of carbonyl (C=O) groups excluding carboxylic acids is 4. The summed E-state index contributed by atoms with van der Waals surface area (Å²) in [5.41, 5.74) is -1.31. The first kappa shape index (κ1) is 31.1. The Kier molecular flexibility index (Phi) is 8.72. The lowest BCUT2D eigenvalue weighted by atomic mass is 9.87. The number of alkyl halides is 2. The Labute approximate surface area is 244 Å². The highest BCUT2D eigenvalue weighted by molar-refractivity contribution is 6.31. The van der Waals surface area contributed by atoms with Crippen molar-refractivity contribution < 1.29 is 41.5 Å². The molecule has 4 rings (SSSR count). The topological polar surface area (TPSA) is 108 Å². The Hall–Kier alpha value is -3.87. The van der Waals surface area contributed by atoms with Crippen molar-refractivity contribution in [3.63, 3.8) is 0 Å². The predicted molar refractivity (Wildman–Crippen MR) is 144 cm³/mol. The van der Waals surface area contributed by atoms with Gasteiger partial charge < -0.3 is 15.4 Å².